The summed E-state index contributed by atoms with van der Waals surface area (Å²) in [6.45, 7) is 0.501. The van der Waals surface area contributed by atoms with Crippen LogP contribution in [0.15, 0.2) is 42.7 Å². The van der Waals surface area contributed by atoms with Crippen molar-refractivity contribution in [3.8, 4) is 5.75 Å². The number of rotatable bonds is 5. The Morgan fingerprint density at radius 3 is 2.89 bits per heavy atom. The van der Waals surface area contributed by atoms with Crippen molar-refractivity contribution in [2.24, 2.45) is 0 Å². The molecule has 0 spiro atoms. The topological polar surface area (TPSA) is 71.5 Å². The third-order valence-electron chi connectivity index (χ3n) is 2.66. The summed E-state index contributed by atoms with van der Waals surface area (Å²) >= 11 is 0. The average Bonchev–Trinajstić information content (AvgIpc) is 2.45. The SMILES string of the molecule is COc1ccc(C(=O)O)c(NCc2cccnc2)c1. The number of nitrogens with zero attached hydrogens (tertiary/aromatic N) is 1. The Morgan fingerprint density at radius 2 is 2.26 bits per heavy atom. The fraction of sp³-hybridized carbons (Fsp3) is 0.143. The Kier molecular flexibility index (Phi) is 3.97. The van der Waals surface area contributed by atoms with E-state index in [9.17, 15) is 4.79 Å². The van der Waals surface area contributed by atoms with Crippen LogP contribution >= 0.6 is 0 Å². The minimum Gasteiger partial charge on any atom is -0.497 e. The van der Waals surface area contributed by atoms with Gasteiger partial charge in [0, 0.05) is 25.0 Å². The van der Waals surface area contributed by atoms with Gasteiger partial charge >= 0.3 is 5.97 Å². The van der Waals surface area contributed by atoms with Crippen molar-refractivity contribution in [3.63, 3.8) is 0 Å². The number of carboxylic acids is 1. The molecule has 2 aromatic rings. The maximum atomic E-state index is 11.1. The number of anilines is 1. The van der Waals surface area contributed by atoms with Crippen LogP contribution in [-0.2, 0) is 6.54 Å². The van der Waals surface area contributed by atoms with Crippen molar-refractivity contribution < 1.29 is 14.6 Å². The highest BCUT2D eigenvalue weighted by atomic mass is 16.5. The molecule has 1 aromatic heterocycles. The molecule has 0 saturated carbocycles. The molecule has 0 saturated heterocycles. The number of ether oxygens (including phenoxy) is 1. The Morgan fingerprint density at radius 1 is 1.42 bits per heavy atom. The van der Waals surface area contributed by atoms with E-state index in [4.69, 9.17) is 9.84 Å². The number of carbonyl (C=O) groups is 1. The minimum absolute atomic E-state index is 0.213. The zero-order valence-electron chi connectivity index (χ0n) is 10.5. The van der Waals surface area contributed by atoms with E-state index in [2.05, 4.69) is 10.3 Å². The molecule has 0 amide bonds. The van der Waals surface area contributed by atoms with Crippen LogP contribution in [-0.4, -0.2) is 23.2 Å². The molecule has 98 valence electrons. The Balaban J connectivity index is 2.20. The van der Waals surface area contributed by atoms with Gasteiger partial charge < -0.3 is 15.2 Å². The van der Waals surface area contributed by atoms with Crippen LogP contribution in [0.2, 0.25) is 0 Å². The van der Waals surface area contributed by atoms with Crippen molar-refractivity contribution in [2.75, 3.05) is 12.4 Å². The molecular weight excluding hydrogens is 244 g/mol. The smallest absolute Gasteiger partial charge is 0.337 e. The number of hydrogen-bond donors (Lipinski definition) is 2. The van der Waals surface area contributed by atoms with Crippen molar-refractivity contribution in [1.29, 1.82) is 0 Å². The first-order chi connectivity index (χ1) is 9.20. The number of methoxy groups -OCH3 is 1. The molecule has 0 aliphatic carbocycles. The third-order valence-corrected chi connectivity index (χ3v) is 2.66. The maximum absolute atomic E-state index is 11.1. The van der Waals surface area contributed by atoms with Gasteiger partial charge in [-0.05, 0) is 23.8 Å². The lowest BCUT2D eigenvalue weighted by molar-refractivity contribution is 0.0698. The minimum atomic E-state index is -0.976. The largest absolute Gasteiger partial charge is 0.497 e. The predicted octanol–water partition coefficient (Wildman–Crippen LogP) is 2.40. The fourth-order valence-electron chi connectivity index (χ4n) is 1.68. The summed E-state index contributed by atoms with van der Waals surface area (Å²) in [5.41, 5.74) is 1.71. The van der Waals surface area contributed by atoms with Crippen molar-refractivity contribution in [3.05, 3.63) is 53.9 Å². The molecule has 0 fully saturated rings. The van der Waals surface area contributed by atoms with Crippen LogP contribution in [0.5, 0.6) is 5.75 Å². The van der Waals surface area contributed by atoms with E-state index in [1.54, 1.807) is 31.6 Å². The van der Waals surface area contributed by atoms with Gasteiger partial charge in [-0.2, -0.15) is 0 Å². The average molecular weight is 258 g/mol. The first-order valence-electron chi connectivity index (χ1n) is 5.75. The normalized spacial score (nSPS) is 9.95. The van der Waals surface area contributed by atoms with Crippen LogP contribution in [0.4, 0.5) is 5.69 Å². The maximum Gasteiger partial charge on any atom is 0.337 e. The van der Waals surface area contributed by atoms with Crippen molar-refractivity contribution in [1.82, 2.24) is 4.98 Å². The number of hydrogen-bond acceptors (Lipinski definition) is 4. The molecule has 0 atom stereocenters. The van der Waals surface area contributed by atoms with Crippen molar-refractivity contribution in [2.45, 2.75) is 6.54 Å². The number of aromatic nitrogens is 1. The summed E-state index contributed by atoms with van der Waals surface area (Å²) < 4.78 is 5.10. The van der Waals surface area contributed by atoms with Gasteiger partial charge in [-0.1, -0.05) is 6.07 Å². The van der Waals surface area contributed by atoms with E-state index >= 15 is 0 Å². The molecule has 0 aliphatic rings. The quantitative estimate of drug-likeness (QED) is 0.861. The highest BCUT2D eigenvalue weighted by Crippen LogP contribution is 2.23. The number of aromatic carboxylic acids is 1. The second kappa shape index (κ2) is 5.86. The summed E-state index contributed by atoms with van der Waals surface area (Å²) in [4.78, 5) is 15.1. The first-order valence-corrected chi connectivity index (χ1v) is 5.75. The molecule has 2 N–H and O–H groups in total. The highest BCUT2D eigenvalue weighted by Gasteiger charge is 2.10. The van der Waals surface area contributed by atoms with Gasteiger partial charge in [0.15, 0.2) is 0 Å². The van der Waals surface area contributed by atoms with E-state index in [1.807, 2.05) is 12.1 Å². The van der Waals surface area contributed by atoms with Crippen molar-refractivity contribution >= 4 is 11.7 Å². The fourth-order valence-corrected chi connectivity index (χ4v) is 1.68. The Bertz CT molecular complexity index is 570. The van der Waals surface area contributed by atoms with Crippen LogP contribution in [0.3, 0.4) is 0 Å². The summed E-state index contributed by atoms with van der Waals surface area (Å²) in [6.07, 6.45) is 3.42. The van der Waals surface area contributed by atoms with Crippen LogP contribution in [0, 0.1) is 0 Å². The molecule has 5 heteroatoms. The highest BCUT2D eigenvalue weighted by molar-refractivity contribution is 5.94. The first kappa shape index (κ1) is 12.9. The molecule has 5 nitrogen and oxygen atoms in total. The van der Waals surface area contributed by atoms with Gasteiger partial charge in [0.2, 0.25) is 0 Å². The Labute approximate surface area is 110 Å². The molecule has 2 rings (SSSR count). The predicted molar refractivity (Wildman–Crippen MR) is 71.5 cm³/mol. The Hall–Kier alpha value is -2.56. The molecule has 1 heterocycles. The zero-order valence-corrected chi connectivity index (χ0v) is 10.5. The lowest BCUT2D eigenvalue weighted by atomic mass is 10.1. The number of carboxylic acid groups (broad SMARTS) is 1. The van der Waals surface area contributed by atoms with Crippen LogP contribution in [0.25, 0.3) is 0 Å². The lowest BCUT2D eigenvalue weighted by Gasteiger charge is -2.11. The van der Waals surface area contributed by atoms with E-state index in [1.165, 1.54) is 6.07 Å². The number of benzene rings is 1. The van der Waals surface area contributed by atoms with E-state index in [0.29, 0.717) is 18.0 Å². The lowest BCUT2D eigenvalue weighted by Crippen LogP contribution is -2.06. The molecule has 0 aliphatic heterocycles. The molecule has 0 unspecified atom stereocenters. The summed E-state index contributed by atoms with van der Waals surface area (Å²) in [6, 6.07) is 8.56. The van der Waals surface area contributed by atoms with E-state index in [-0.39, 0.29) is 5.56 Å². The van der Waals surface area contributed by atoms with Crippen LogP contribution in [0.1, 0.15) is 15.9 Å². The molecule has 19 heavy (non-hydrogen) atoms. The number of pyridine rings is 1. The second-order valence-corrected chi connectivity index (χ2v) is 3.93. The molecule has 0 radical (unpaired) electrons. The van der Waals surface area contributed by atoms with Gasteiger partial charge in [-0.15, -0.1) is 0 Å². The van der Waals surface area contributed by atoms with E-state index in [0.717, 1.165) is 5.56 Å². The third kappa shape index (κ3) is 3.22. The zero-order chi connectivity index (χ0) is 13.7. The molecule has 0 bridgehead atoms. The summed E-state index contributed by atoms with van der Waals surface area (Å²) in [5, 5.41) is 12.2. The summed E-state index contributed by atoms with van der Waals surface area (Å²) in [7, 11) is 1.54. The monoisotopic (exact) mass is 258 g/mol. The van der Waals surface area contributed by atoms with Gasteiger partial charge in [-0.25, -0.2) is 4.79 Å². The number of nitrogens with one attached hydrogen (secondary N) is 1. The summed E-state index contributed by atoms with van der Waals surface area (Å²) in [5.74, 6) is -0.366. The van der Waals surface area contributed by atoms with Crippen LogP contribution < -0.4 is 10.1 Å². The van der Waals surface area contributed by atoms with Gasteiger partial charge in [0.1, 0.15) is 5.75 Å². The van der Waals surface area contributed by atoms with Gasteiger partial charge in [0.05, 0.1) is 18.4 Å². The standard InChI is InChI=1S/C14H14N2O3/c1-19-11-4-5-12(14(17)18)13(7-11)16-9-10-3-2-6-15-8-10/h2-8,16H,9H2,1H3,(H,17,18). The van der Waals surface area contributed by atoms with Gasteiger partial charge in [-0.3, -0.25) is 4.98 Å². The van der Waals surface area contributed by atoms with Gasteiger partial charge in [0.25, 0.3) is 0 Å². The van der Waals surface area contributed by atoms with E-state index < -0.39 is 5.97 Å². The molecule has 1 aromatic carbocycles. The second-order valence-electron chi connectivity index (χ2n) is 3.93. The molecular formula is C14H14N2O3.